The topological polar surface area (TPSA) is 47.8 Å². The number of halogens is 4. The lowest BCUT2D eigenvalue weighted by molar-refractivity contribution is -0.143. The average Bonchev–Trinajstić information content (AvgIpc) is 2.77. The molecular formula is C14H11F4N3O. The molecule has 2 aromatic heterocycles. The summed E-state index contributed by atoms with van der Waals surface area (Å²) in [5.41, 5.74) is 0.458. The Morgan fingerprint density at radius 1 is 1.23 bits per heavy atom. The van der Waals surface area contributed by atoms with E-state index in [1.165, 1.54) is 12.1 Å². The van der Waals surface area contributed by atoms with Crippen molar-refractivity contribution in [2.75, 3.05) is 0 Å². The maximum atomic E-state index is 13.2. The molecular weight excluding hydrogens is 302 g/mol. The van der Waals surface area contributed by atoms with Gasteiger partial charge in [0.25, 0.3) is 0 Å². The Balaban J connectivity index is 2.16. The molecule has 22 heavy (non-hydrogen) atoms. The van der Waals surface area contributed by atoms with E-state index in [9.17, 15) is 22.4 Å². The van der Waals surface area contributed by atoms with Crippen LogP contribution in [-0.2, 0) is 13.0 Å². The van der Waals surface area contributed by atoms with Crippen LogP contribution in [0.4, 0.5) is 17.6 Å². The van der Waals surface area contributed by atoms with E-state index in [0.717, 1.165) is 10.7 Å². The standard InChI is InChI=1S/C14H11F4N3O/c15-11-6-1-3-8(19-11)13-12-9(4-2-5-10(12)22)21(20-13)7-14(16,17)18/h1,3,6H,2,4-5,7H2. The number of hydrogen-bond donors (Lipinski definition) is 0. The molecule has 0 saturated heterocycles. The molecule has 8 heteroatoms. The van der Waals surface area contributed by atoms with Crippen LogP contribution < -0.4 is 0 Å². The van der Waals surface area contributed by atoms with Crippen LogP contribution in [0.25, 0.3) is 11.4 Å². The monoisotopic (exact) mass is 313 g/mol. The minimum atomic E-state index is -4.45. The molecule has 0 aliphatic heterocycles. The summed E-state index contributed by atoms with van der Waals surface area (Å²) in [5.74, 6) is -1.06. The molecule has 0 N–H and O–H groups in total. The van der Waals surface area contributed by atoms with Crippen LogP contribution in [0.15, 0.2) is 18.2 Å². The Morgan fingerprint density at radius 3 is 2.68 bits per heavy atom. The minimum absolute atomic E-state index is 0.0171. The minimum Gasteiger partial charge on any atom is -0.294 e. The number of nitrogens with zero attached hydrogens (tertiary/aromatic N) is 3. The number of hydrogen-bond acceptors (Lipinski definition) is 3. The highest BCUT2D eigenvalue weighted by atomic mass is 19.4. The van der Waals surface area contributed by atoms with Gasteiger partial charge in [-0.15, -0.1) is 0 Å². The second-order valence-corrected chi connectivity index (χ2v) is 5.07. The molecule has 0 saturated carbocycles. The van der Waals surface area contributed by atoms with Gasteiger partial charge in [-0.3, -0.25) is 9.48 Å². The Hall–Kier alpha value is -2.25. The number of alkyl halides is 3. The van der Waals surface area contributed by atoms with Crippen molar-refractivity contribution in [2.24, 2.45) is 0 Å². The smallest absolute Gasteiger partial charge is 0.294 e. The SMILES string of the molecule is O=C1CCCc2c1c(-c1cccc(F)n1)nn2CC(F)(F)F. The third kappa shape index (κ3) is 2.72. The van der Waals surface area contributed by atoms with E-state index in [2.05, 4.69) is 10.1 Å². The Bertz CT molecular complexity index is 736. The predicted octanol–water partition coefficient (Wildman–Crippen LogP) is 3.17. The van der Waals surface area contributed by atoms with E-state index in [1.807, 2.05) is 0 Å². The molecule has 0 fully saturated rings. The fourth-order valence-electron chi connectivity index (χ4n) is 2.61. The molecule has 0 amide bonds. The largest absolute Gasteiger partial charge is 0.408 e. The lowest BCUT2D eigenvalue weighted by Crippen LogP contribution is -2.22. The summed E-state index contributed by atoms with van der Waals surface area (Å²) in [7, 11) is 0. The van der Waals surface area contributed by atoms with Crippen molar-refractivity contribution in [3.05, 3.63) is 35.4 Å². The first kappa shape index (κ1) is 14.7. The van der Waals surface area contributed by atoms with Gasteiger partial charge in [0.05, 0.1) is 17.0 Å². The van der Waals surface area contributed by atoms with Gasteiger partial charge in [-0.1, -0.05) is 6.07 Å². The summed E-state index contributed by atoms with van der Waals surface area (Å²) in [5, 5.41) is 3.89. The summed E-state index contributed by atoms with van der Waals surface area (Å²) in [6, 6.07) is 3.91. The zero-order chi connectivity index (χ0) is 15.9. The highest BCUT2D eigenvalue weighted by Gasteiger charge is 2.34. The molecule has 0 unspecified atom stereocenters. The highest BCUT2D eigenvalue weighted by molar-refractivity contribution is 6.03. The first-order valence-corrected chi connectivity index (χ1v) is 6.68. The number of pyridine rings is 1. The molecule has 0 atom stereocenters. The van der Waals surface area contributed by atoms with Crippen molar-refractivity contribution in [1.82, 2.24) is 14.8 Å². The first-order chi connectivity index (χ1) is 10.3. The van der Waals surface area contributed by atoms with Crippen LogP contribution in [0.5, 0.6) is 0 Å². The number of ketones is 1. The predicted molar refractivity (Wildman–Crippen MR) is 68.7 cm³/mol. The molecule has 4 nitrogen and oxygen atoms in total. The molecule has 0 radical (unpaired) electrons. The van der Waals surface area contributed by atoms with Gasteiger partial charge in [0.1, 0.15) is 12.2 Å². The second-order valence-electron chi connectivity index (χ2n) is 5.07. The van der Waals surface area contributed by atoms with Crippen LogP contribution in [0, 0.1) is 5.95 Å². The quantitative estimate of drug-likeness (QED) is 0.632. The third-order valence-electron chi connectivity index (χ3n) is 3.44. The van der Waals surface area contributed by atoms with Crippen molar-refractivity contribution < 1.29 is 22.4 Å². The van der Waals surface area contributed by atoms with Gasteiger partial charge in [0, 0.05) is 6.42 Å². The van der Waals surface area contributed by atoms with E-state index in [4.69, 9.17) is 0 Å². The lowest BCUT2D eigenvalue weighted by atomic mass is 9.93. The number of carbonyl (C=O) groups is 1. The van der Waals surface area contributed by atoms with Crippen LogP contribution >= 0.6 is 0 Å². The molecule has 1 aliphatic rings. The fourth-order valence-corrected chi connectivity index (χ4v) is 2.61. The van der Waals surface area contributed by atoms with Gasteiger partial charge < -0.3 is 0 Å². The number of rotatable bonds is 2. The molecule has 0 aromatic carbocycles. The number of Topliss-reactive ketones (excluding diaryl/α,β-unsaturated/α-hetero) is 1. The van der Waals surface area contributed by atoms with Crippen molar-refractivity contribution in [3.8, 4) is 11.4 Å². The third-order valence-corrected chi connectivity index (χ3v) is 3.44. The van der Waals surface area contributed by atoms with Crippen LogP contribution in [0.3, 0.4) is 0 Å². The highest BCUT2D eigenvalue weighted by Crippen LogP contribution is 2.32. The fraction of sp³-hybridized carbons (Fsp3) is 0.357. The zero-order valence-electron chi connectivity index (χ0n) is 11.3. The van der Waals surface area contributed by atoms with E-state index in [-0.39, 0.29) is 34.8 Å². The summed E-state index contributed by atoms with van der Waals surface area (Å²) in [6.07, 6.45) is -3.40. The average molecular weight is 313 g/mol. The van der Waals surface area contributed by atoms with Gasteiger partial charge in [0.2, 0.25) is 5.95 Å². The van der Waals surface area contributed by atoms with E-state index >= 15 is 0 Å². The maximum Gasteiger partial charge on any atom is 0.408 e. The summed E-state index contributed by atoms with van der Waals surface area (Å²) in [4.78, 5) is 15.7. The van der Waals surface area contributed by atoms with Gasteiger partial charge >= 0.3 is 6.18 Å². The summed E-state index contributed by atoms with van der Waals surface area (Å²) in [6.45, 7) is -1.28. The van der Waals surface area contributed by atoms with Crippen molar-refractivity contribution in [2.45, 2.75) is 32.0 Å². The van der Waals surface area contributed by atoms with Crippen LogP contribution in [0.1, 0.15) is 28.9 Å². The van der Waals surface area contributed by atoms with Gasteiger partial charge in [-0.25, -0.2) is 4.98 Å². The van der Waals surface area contributed by atoms with Crippen molar-refractivity contribution in [1.29, 1.82) is 0 Å². The van der Waals surface area contributed by atoms with Gasteiger partial charge in [0.15, 0.2) is 5.78 Å². The Morgan fingerprint density at radius 2 is 2.00 bits per heavy atom. The molecule has 2 aromatic rings. The van der Waals surface area contributed by atoms with Gasteiger partial charge in [-0.2, -0.15) is 22.7 Å². The molecule has 1 aliphatic carbocycles. The normalized spacial score (nSPS) is 15.0. The molecule has 2 heterocycles. The number of carbonyl (C=O) groups excluding carboxylic acids is 1. The summed E-state index contributed by atoms with van der Waals surface area (Å²) >= 11 is 0. The maximum absolute atomic E-state index is 13.2. The molecule has 0 spiro atoms. The van der Waals surface area contributed by atoms with Crippen LogP contribution in [-0.4, -0.2) is 26.7 Å². The van der Waals surface area contributed by atoms with Crippen LogP contribution in [0.2, 0.25) is 0 Å². The van der Waals surface area contributed by atoms with Crippen molar-refractivity contribution in [3.63, 3.8) is 0 Å². The first-order valence-electron chi connectivity index (χ1n) is 6.68. The molecule has 3 rings (SSSR count). The Labute approximate surface area is 122 Å². The zero-order valence-corrected chi connectivity index (χ0v) is 11.3. The van der Waals surface area contributed by atoms with Gasteiger partial charge in [-0.05, 0) is 25.0 Å². The second kappa shape index (κ2) is 5.19. The lowest BCUT2D eigenvalue weighted by Gasteiger charge is -2.14. The van der Waals surface area contributed by atoms with E-state index in [1.54, 1.807) is 0 Å². The number of fused-ring (bicyclic) bond motifs is 1. The van der Waals surface area contributed by atoms with E-state index in [0.29, 0.717) is 12.8 Å². The summed E-state index contributed by atoms with van der Waals surface area (Å²) < 4.78 is 52.0. The molecule has 116 valence electrons. The molecule has 0 bridgehead atoms. The number of aromatic nitrogens is 3. The van der Waals surface area contributed by atoms with Crippen molar-refractivity contribution >= 4 is 5.78 Å². The van der Waals surface area contributed by atoms with E-state index < -0.39 is 18.7 Å². The Kier molecular flexibility index (Phi) is 3.46.